The fourth-order valence-corrected chi connectivity index (χ4v) is 5.61. The Morgan fingerprint density at radius 3 is 2.39 bits per heavy atom. The van der Waals surface area contributed by atoms with Gasteiger partial charge < -0.3 is 34.5 Å². The highest BCUT2D eigenvalue weighted by Crippen LogP contribution is 2.42. The van der Waals surface area contributed by atoms with Gasteiger partial charge in [0.25, 0.3) is 11.8 Å². The van der Waals surface area contributed by atoms with Crippen LogP contribution in [-0.4, -0.2) is 100 Å². The van der Waals surface area contributed by atoms with Crippen LogP contribution in [0, 0.1) is 5.82 Å². The summed E-state index contributed by atoms with van der Waals surface area (Å²) in [5, 5.41) is 7.55. The molecule has 5 amide bonds. The van der Waals surface area contributed by atoms with Crippen LogP contribution in [0.3, 0.4) is 0 Å². The molecule has 3 N–H and O–H groups in total. The van der Waals surface area contributed by atoms with Crippen molar-refractivity contribution in [3.05, 3.63) is 53.4 Å². The number of urea groups is 1. The van der Waals surface area contributed by atoms with Crippen molar-refractivity contribution < 1.29 is 42.5 Å². The van der Waals surface area contributed by atoms with Crippen molar-refractivity contribution in [3.63, 3.8) is 0 Å². The van der Waals surface area contributed by atoms with Gasteiger partial charge in [-0.3, -0.25) is 24.6 Å². The van der Waals surface area contributed by atoms with E-state index < -0.39 is 35.3 Å². The number of hydrogen-bond acceptors (Lipinski definition) is 9. The number of amides is 5. The van der Waals surface area contributed by atoms with Gasteiger partial charge in [-0.2, -0.15) is 0 Å². The van der Waals surface area contributed by atoms with Gasteiger partial charge >= 0.3 is 6.03 Å². The normalized spacial score (nSPS) is 21.4. The first-order chi connectivity index (χ1) is 21.2. The largest absolute Gasteiger partial charge is 0.493 e. The topological polar surface area (TPSA) is 148 Å². The molecule has 5 rings (SSSR count). The molecule has 2 saturated heterocycles. The van der Waals surface area contributed by atoms with E-state index in [0.29, 0.717) is 56.5 Å². The Hall–Kier alpha value is -4.85. The fourth-order valence-electron chi connectivity index (χ4n) is 5.61. The van der Waals surface area contributed by atoms with Crippen molar-refractivity contribution in [2.45, 2.75) is 18.1 Å². The smallest absolute Gasteiger partial charge is 0.322 e. The number of hydrogen-bond donors (Lipinski definition) is 3. The number of halogens is 1. The number of benzene rings is 2. The predicted molar refractivity (Wildman–Crippen MR) is 155 cm³/mol. The van der Waals surface area contributed by atoms with E-state index in [9.17, 15) is 23.6 Å². The molecule has 2 aromatic carbocycles. The lowest BCUT2D eigenvalue weighted by Gasteiger charge is -2.37. The summed E-state index contributed by atoms with van der Waals surface area (Å²) < 4.78 is 35.9. The van der Waals surface area contributed by atoms with Crippen LogP contribution in [-0.2, 0) is 19.9 Å². The minimum Gasteiger partial charge on any atom is -0.493 e. The van der Waals surface area contributed by atoms with Crippen molar-refractivity contribution in [1.29, 1.82) is 0 Å². The van der Waals surface area contributed by atoms with Crippen LogP contribution in [0.25, 0.3) is 6.08 Å². The molecule has 13 nitrogen and oxygen atoms in total. The molecule has 3 aliphatic rings. The second-order valence-electron chi connectivity index (χ2n) is 10.5. The van der Waals surface area contributed by atoms with Crippen molar-refractivity contribution in [2.75, 3.05) is 60.6 Å². The molecule has 2 aromatic rings. The van der Waals surface area contributed by atoms with Crippen LogP contribution in [0.1, 0.15) is 17.5 Å². The van der Waals surface area contributed by atoms with Crippen molar-refractivity contribution in [3.8, 4) is 23.0 Å². The zero-order valence-electron chi connectivity index (χ0n) is 24.6. The van der Waals surface area contributed by atoms with Crippen LogP contribution in [0.15, 0.2) is 36.4 Å². The monoisotopic (exact) mass is 611 g/mol. The summed E-state index contributed by atoms with van der Waals surface area (Å²) >= 11 is 0. The number of nitrogens with zero attached hydrogens (tertiary/aromatic N) is 2. The quantitative estimate of drug-likeness (QED) is 0.279. The van der Waals surface area contributed by atoms with E-state index in [4.69, 9.17) is 18.9 Å². The second-order valence-corrected chi connectivity index (χ2v) is 10.5. The lowest BCUT2D eigenvalue weighted by Crippen LogP contribution is -2.55. The molecule has 0 unspecified atom stereocenters. The first-order valence-electron chi connectivity index (χ1n) is 14.0. The van der Waals surface area contributed by atoms with Gasteiger partial charge in [0.15, 0.2) is 23.1 Å². The van der Waals surface area contributed by atoms with Gasteiger partial charge in [0.1, 0.15) is 11.6 Å². The van der Waals surface area contributed by atoms with Crippen molar-refractivity contribution in [1.82, 2.24) is 25.8 Å². The summed E-state index contributed by atoms with van der Waals surface area (Å²) in [6.07, 6.45) is 1.94. The van der Waals surface area contributed by atoms with E-state index in [2.05, 4.69) is 20.9 Å². The summed E-state index contributed by atoms with van der Waals surface area (Å²) in [6.45, 7) is 3.11. The predicted octanol–water partition coefficient (Wildman–Crippen LogP) is 1.01. The molecule has 2 fully saturated rings. The number of ether oxygens (including phenoxy) is 4. The van der Waals surface area contributed by atoms with Crippen LogP contribution >= 0.6 is 0 Å². The minimum atomic E-state index is -1.60. The van der Waals surface area contributed by atoms with E-state index in [1.54, 1.807) is 23.1 Å². The zero-order valence-corrected chi connectivity index (χ0v) is 24.6. The molecule has 0 radical (unpaired) electrons. The number of imide groups is 1. The lowest BCUT2D eigenvalue weighted by molar-refractivity contribution is -0.133. The third-order valence-electron chi connectivity index (χ3n) is 7.91. The number of rotatable bonds is 9. The van der Waals surface area contributed by atoms with Crippen LogP contribution < -0.4 is 34.9 Å². The van der Waals surface area contributed by atoms with Gasteiger partial charge in [0.05, 0.1) is 21.3 Å². The molecule has 234 valence electrons. The summed E-state index contributed by atoms with van der Waals surface area (Å²) in [4.78, 5) is 54.4. The molecule has 3 aliphatic heterocycles. The number of carbonyl (C=O) groups is 4. The maximum atomic E-state index is 14.0. The molecule has 3 heterocycles. The minimum absolute atomic E-state index is 0.127. The first-order valence-corrected chi connectivity index (χ1v) is 14.0. The Labute approximate surface area is 253 Å². The Morgan fingerprint density at radius 2 is 1.77 bits per heavy atom. The molecular formula is C30H34FN5O8. The molecule has 0 bridgehead atoms. The molecule has 2 atom stereocenters. The van der Waals surface area contributed by atoms with Gasteiger partial charge in [-0.05, 0) is 42.0 Å². The van der Waals surface area contributed by atoms with Gasteiger partial charge in [0, 0.05) is 57.3 Å². The molecule has 1 spiro atoms. The maximum absolute atomic E-state index is 14.0. The number of piperazine rings is 1. The first kappa shape index (κ1) is 30.6. The second kappa shape index (κ2) is 12.8. The van der Waals surface area contributed by atoms with E-state index in [1.165, 1.54) is 33.5 Å². The molecule has 0 aliphatic carbocycles. The Kier molecular flexibility index (Phi) is 8.90. The highest BCUT2D eigenvalue weighted by atomic mass is 19.1. The van der Waals surface area contributed by atoms with Crippen LogP contribution in [0.4, 0.5) is 9.18 Å². The van der Waals surface area contributed by atoms with E-state index in [-0.39, 0.29) is 23.6 Å². The average Bonchev–Trinajstić information content (AvgIpc) is 3.31. The number of fused-ring (bicyclic) bond motifs is 2. The zero-order chi connectivity index (χ0) is 31.4. The maximum Gasteiger partial charge on any atom is 0.322 e. The van der Waals surface area contributed by atoms with E-state index in [1.807, 2.05) is 0 Å². The van der Waals surface area contributed by atoms with Gasteiger partial charge in [-0.25, -0.2) is 9.18 Å². The Bertz CT molecular complexity index is 1470. The number of nitrogens with one attached hydrogen (secondary N) is 3. The highest BCUT2D eigenvalue weighted by Gasteiger charge is 2.54. The fraction of sp³-hybridized carbons (Fsp3) is 0.400. The van der Waals surface area contributed by atoms with Gasteiger partial charge in [-0.1, -0.05) is 0 Å². The van der Waals surface area contributed by atoms with E-state index in [0.717, 1.165) is 17.7 Å². The summed E-state index contributed by atoms with van der Waals surface area (Å²) in [7, 11) is 4.58. The lowest BCUT2D eigenvalue weighted by atomic mass is 9.81. The molecule has 14 heteroatoms. The molecule has 0 aromatic heterocycles. The Balaban J connectivity index is 1.11. The summed E-state index contributed by atoms with van der Waals surface area (Å²) in [6, 6.07) is 6.42. The standard InChI is InChI=1S/C30H34FN5O8/c1-41-22-14-18(15-23(42-2)26(22)43-3)4-7-25(37)36-12-10-35(11-13-36)9-8-32-27(38)24-17-30(28(39)33-29(40)34-30)20-16-19(31)5-6-21(20)44-24/h4-7,14-16,24H,8-13,17H2,1-3H3,(H,32,38)(H2,33,34,39,40)/b7-4+/t24-,30-/m0/s1. The van der Waals surface area contributed by atoms with Crippen LogP contribution in [0.2, 0.25) is 0 Å². The average molecular weight is 612 g/mol. The van der Waals surface area contributed by atoms with Crippen molar-refractivity contribution >= 4 is 29.8 Å². The summed E-state index contributed by atoms with van der Waals surface area (Å²) in [5.41, 5.74) is -0.713. The third kappa shape index (κ3) is 6.11. The Morgan fingerprint density at radius 1 is 1.07 bits per heavy atom. The molecule has 44 heavy (non-hydrogen) atoms. The third-order valence-corrected chi connectivity index (χ3v) is 7.91. The number of methoxy groups -OCH3 is 3. The van der Waals surface area contributed by atoms with E-state index >= 15 is 0 Å². The highest BCUT2D eigenvalue weighted by molar-refractivity contribution is 6.08. The molecule has 0 saturated carbocycles. The van der Waals surface area contributed by atoms with Crippen LogP contribution in [0.5, 0.6) is 23.0 Å². The molecular weight excluding hydrogens is 577 g/mol. The van der Waals surface area contributed by atoms with Crippen molar-refractivity contribution in [2.24, 2.45) is 0 Å². The summed E-state index contributed by atoms with van der Waals surface area (Å²) in [5.74, 6) is -0.248. The van der Waals surface area contributed by atoms with Gasteiger partial charge in [0.2, 0.25) is 11.7 Å². The SMILES string of the molecule is COc1cc(/C=C/C(=O)N2CCN(CCNC(=O)[C@@H]3C[C@]4(NC(=O)NC4=O)c4cc(F)ccc4O3)CC2)cc(OC)c1OC. The number of carbonyl (C=O) groups excluding carboxylic acids is 4. The van der Waals surface area contributed by atoms with Gasteiger partial charge in [-0.15, -0.1) is 0 Å².